The van der Waals surface area contributed by atoms with Crippen LogP contribution in [0.25, 0.3) is 0 Å². The predicted molar refractivity (Wildman–Crippen MR) is 74.4 cm³/mol. The average Bonchev–Trinajstić information content (AvgIpc) is 2.25. The van der Waals surface area contributed by atoms with Crippen LogP contribution in [-0.4, -0.2) is 17.8 Å². The maximum Gasteiger partial charge on any atom is 0.252 e. The number of hydrogen-bond donors (Lipinski definition) is 1. The van der Waals surface area contributed by atoms with Crippen molar-refractivity contribution in [3.63, 3.8) is 0 Å². The third-order valence-corrected chi connectivity index (χ3v) is 4.05. The van der Waals surface area contributed by atoms with Gasteiger partial charge in [-0.25, -0.2) is 0 Å². The summed E-state index contributed by atoms with van der Waals surface area (Å²) in [6, 6.07) is 5.13. The highest BCUT2D eigenvalue weighted by Crippen LogP contribution is 2.21. The molecule has 1 N–H and O–H groups in total. The number of hydrogen-bond acceptors (Lipinski definition) is 1. The van der Waals surface area contributed by atoms with Gasteiger partial charge in [0.15, 0.2) is 0 Å². The van der Waals surface area contributed by atoms with Gasteiger partial charge in [0.1, 0.15) is 0 Å². The molecule has 0 heterocycles. The van der Waals surface area contributed by atoms with Crippen molar-refractivity contribution < 1.29 is 4.79 Å². The van der Waals surface area contributed by atoms with Gasteiger partial charge in [-0.1, -0.05) is 34.5 Å². The van der Waals surface area contributed by atoms with Crippen molar-refractivity contribution in [1.29, 1.82) is 0 Å². The molecular formula is C11H12Br2ClNO. The first kappa shape index (κ1) is 14.0. The Morgan fingerprint density at radius 1 is 1.56 bits per heavy atom. The van der Waals surface area contributed by atoms with E-state index in [0.717, 1.165) is 5.33 Å². The first-order valence-corrected chi connectivity index (χ1v) is 7.13. The Labute approximate surface area is 117 Å². The summed E-state index contributed by atoms with van der Waals surface area (Å²) in [7, 11) is 0. The zero-order valence-corrected chi connectivity index (χ0v) is 12.7. The molecule has 0 aromatic heterocycles. The Morgan fingerprint density at radius 3 is 2.81 bits per heavy atom. The standard InChI is InChI=1S/C11H12Br2ClNO/c1-7(5-12)6-15-11(16)9-3-2-8(14)4-10(9)13/h2-4,7H,5-6H2,1H3,(H,15,16). The lowest BCUT2D eigenvalue weighted by Crippen LogP contribution is -2.29. The Balaban J connectivity index is 2.66. The number of alkyl halides is 1. The molecule has 0 radical (unpaired) electrons. The lowest BCUT2D eigenvalue weighted by molar-refractivity contribution is 0.0948. The molecule has 0 saturated carbocycles. The molecule has 0 spiro atoms. The SMILES string of the molecule is CC(CBr)CNC(=O)c1ccc(Cl)cc1Br. The molecule has 2 nitrogen and oxygen atoms in total. The van der Waals surface area contributed by atoms with Crippen LogP contribution in [0.2, 0.25) is 5.02 Å². The normalized spacial score (nSPS) is 12.2. The topological polar surface area (TPSA) is 29.1 Å². The zero-order valence-electron chi connectivity index (χ0n) is 8.77. The van der Waals surface area contributed by atoms with Gasteiger partial charge < -0.3 is 5.32 Å². The molecule has 0 aliphatic rings. The van der Waals surface area contributed by atoms with Crippen molar-refractivity contribution in [2.75, 3.05) is 11.9 Å². The summed E-state index contributed by atoms with van der Waals surface area (Å²) < 4.78 is 0.712. The molecule has 1 amide bonds. The summed E-state index contributed by atoms with van der Waals surface area (Å²) in [4.78, 5) is 11.8. The second-order valence-electron chi connectivity index (χ2n) is 3.59. The highest BCUT2D eigenvalue weighted by molar-refractivity contribution is 9.10. The van der Waals surface area contributed by atoms with Gasteiger partial charge in [0, 0.05) is 21.4 Å². The third kappa shape index (κ3) is 4.07. The molecule has 0 saturated heterocycles. The fourth-order valence-electron chi connectivity index (χ4n) is 1.09. The fourth-order valence-corrected chi connectivity index (χ4v) is 2.18. The summed E-state index contributed by atoms with van der Waals surface area (Å²) >= 11 is 12.5. The Hall–Kier alpha value is -0.0600. The summed E-state index contributed by atoms with van der Waals surface area (Å²) in [5.74, 6) is 0.325. The summed E-state index contributed by atoms with van der Waals surface area (Å²) in [5, 5.41) is 4.35. The maximum absolute atomic E-state index is 11.8. The van der Waals surface area contributed by atoms with Crippen LogP contribution in [-0.2, 0) is 0 Å². The maximum atomic E-state index is 11.8. The monoisotopic (exact) mass is 367 g/mol. The largest absolute Gasteiger partial charge is 0.352 e. The lowest BCUT2D eigenvalue weighted by atomic mass is 10.2. The van der Waals surface area contributed by atoms with Gasteiger partial charge in [-0.2, -0.15) is 0 Å². The molecule has 0 aliphatic heterocycles. The van der Waals surface area contributed by atoms with E-state index < -0.39 is 0 Å². The predicted octanol–water partition coefficient (Wildman–Crippen LogP) is 3.86. The molecule has 1 atom stereocenters. The molecular weight excluding hydrogens is 357 g/mol. The number of nitrogens with one attached hydrogen (secondary N) is 1. The van der Waals surface area contributed by atoms with Gasteiger partial charge in [0.25, 0.3) is 5.91 Å². The number of amides is 1. The van der Waals surface area contributed by atoms with E-state index in [-0.39, 0.29) is 5.91 Å². The van der Waals surface area contributed by atoms with Crippen molar-refractivity contribution in [3.05, 3.63) is 33.3 Å². The lowest BCUT2D eigenvalue weighted by Gasteiger charge is -2.10. The van der Waals surface area contributed by atoms with Gasteiger partial charge in [0.2, 0.25) is 0 Å². The minimum Gasteiger partial charge on any atom is -0.352 e. The van der Waals surface area contributed by atoms with Gasteiger partial charge >= 0.3 is 0 Å². The molecule has 0 fully saturated rings. The fraction of sp³-hybridized carbons (Fsp3) is 0.364. The number of halogens is 3. The van der Waals surface area contributed by atoms with E-state index in [1.54, 1.807) is 18.2 Å². The molecule has 1 aromatic rings. The van der Waals surface area contributed by atoms with Crippen molar-refractivity contribution >= 4 is 49.4 Å². The summed E-state index contributed by atoms with van der Waals surface area (Å²) in [5.41, 5.74) is 0.603. The Morgan fingerprint density at radius 2 is 2.25 bits per heavy atom. The number of benzene rings is 1. The van der Waals surface area contributed by atoms with E-state index in [4.69, 9.17) is 11.6 Å². The van der Waals surface area contributed by atoms with E-state index in [0.29, 0.717) is 27.5 Å². The molecule has 1 unspecified atom stereocenters. The first-order valence-electron chi connectivity index (χ1n) is 4.83. The quantitative estimate of drug-likeness (QED) is 0.802. The zero-order chi connectivity index (χ0) is 12.1. The second kappa shape index (κ2) is 6.62. The van der Waals surface area contributed by atoms with Gasteiger partial charge in [0.05, 0.1) is 5.56 Å². The second-order valence-corrected chi connectivity index (χ2v) is 5.53. The first-order chi connectivity index (χ1) is 7.54. The van der Waals surface area contributed by atoms with Crippen LogP contribution in [0.1, 0.15) is 17.3 Å². The van der Waals surface area contributed by atoms with Crippen LogP contribution in [0.15, 0.2) is 22.7 Å². The van der Waals surface area contributed by atoms with Crippen LogP contribution in [0.3, 0.4) is 0 Å². The number of rotatable bonds is 4. The Kier molecular flexibility index (Phi) is 5.79. The highest BCUT2D eigenvalue weighted by Gasteiger charge is 2.10. The van der Waals surface area contributed by atoms with Gasteiger partial charge in [-0.3, -0.25) is 4.79 Å². The van der Waals surface area contributed by atoms with Gasteiger partial charge in [-0.15, -0.1) is 0 Å². The van der Waals surface area contributed by atoms with Crippen molar-refractivity contribution in [2.24, 2.45) is 5.92 Å². The van der Waals surface area contributed by atoms with Crippen LogP contribution in [0.4, 0.5) is 0 Å². The van der Waals surface area contributed by atoms with Crippen molar-refractivity contribution in [2.45, 2.75) is 6.92 Å². The van der Waals surface area contributed by atoms with Crippen molar-refractivity contribution in [1.82, 2.24) is 5.32 Å². The molecule has 5 heteroatoms. The van der Waals surface area contributed by atoms with Crippen LogP contribution in [0.5, 0.6) is 0 Å². The molecule has 1 aromatic carbocycles. The molecule has 0 aliphatic carbocycles. The third-order valence-electron chi connectivity index (χ3n) is 2.05. The number of carbonyl (C=O) groups excluding carboxylic acids is 1. The molecule has 0 bridgehead atoms. The van der Waals surface area contributed by atoms with E-state index in [9.17, 15) is 4.79 Å². The van der Waals surface area contributed by atoms with Gasteiger partial charge in [-0.05, 0) is 40.0 Å². The minimum atomic E-state index is -0.0867. The van der Waals surface area contributed by atoms with Crippen LogP contribution in [0, 0.1) is 5.92 Å². The Bertz CT molecular complexity index is 384. The van der Waals surface area contributed by atoms with E-state index in [1.807, 2.05) is 0 Å². The van der Waals surface area contributed by atoms with E-state index >= 15 is 0 Å². The number of carbonyl (C=O) groups is 1. The summed E-state index contributed by atoms with van der Waals surface area (Å²) in [6.45, 7) is 2.71. The van der Waals surface area contributed by atoms with Crippen LogP contribution >= 0.6 is 43.5 Å². The minimum absolute atomic E-state index is 0.0867. The van der Waals surface area contributed by atoms with Crippen LogP contribution < -0.4 is 5.32 Å². The highest BCUT2D eigenvalue weighted by atomic mass is 79.9. The molecule has 88 valence electrons. The van der Waals surface area contributed by atoms with E-state index in [2.05, 4.69) is 44.1 Å². The summed E-state index contributed by atoms with van der Waals surface area (Å²) in [6.07, 6.45) is 0. The molecule has 16 heavy (non-hydrogen) atoms. The van der Waals surface area contributed by atoms with E-state index in [1.165, 1.54) is 0 Å². The average molecular weight is 369 g/mol. The molecule has 1 rings (SSSR count). The van der Waals surface area contributed by atoms with Crippen molar-refractivity contribution in [3.8, 4) is 0 Å². The smallest absolute Gasteiger partial charge is 0.252 e.